The van der Waals surface area contributed by atoms with Gasteiger partial charge in [0.2, 0.25) is 0 Å². The second kappa shape index (κ2) is 8.62. The summed E-state index contributed by atoms with van der Waals surface area (Å²) in [5.74, 6) is 0. The molecule has 0 amide bonds. The van der Waals surface area contributed by atoms with Crippen molar-refractivity contribution in [2.45, 2.75) is 12.8 Å². The fourth-order valence-corrected chi connectivity index (χ4v) is 0.646. The Balaban J connectivity index is 2.86. The van der Waals surface area contributed by atoms with Gasteiger partial charge in [0.05, 0.1) is 6.61 Å². The molecule has 0 atom stereocenters. The fourth-order valence-electron chi connectivity index (χ4n) is 0.646. The van der Waals surface area contributed by atoms with Gasteiger partial charge in [-0.15, -0.1) is 6.58 Å². The van der Waals surface area contributed by atoms with Gasteiger partial charge in [0.25, 0.3) is 6.43 Å². The molecule has 0 aromatic carbocycles. The van der Waals surface area contributed by atoms with Crippen LogP contribution in [0.25, 0.3) is 0 Å². The van der Waals surface area contributed by atoms with Gasteiger partial charge in [-0.1, -0.05) is 6.08 Å². The highest BCUT2D eigenvalue weighted by Gasteiger charge is 1.99. The van der Waals surface area contributed by atoms with Gasteiger partial charge in [-0.3, -0.25) is 0 Å². The zero-order chi connectivity index (χ0) is 9.23. The van der Waals surface area contributed by atoms with E-state index in [1.54, 1.807) is 6.08 Å². The summed E-state index contributed by atoms with van der Waals surface area (Å²) in [7, 11) is 0. The van der Waals surface area contributed by atoms with E-state index < -0.39 is 13.0 Å². The molecule has 12 heavy (non-hydrogen) atoms. The number of rotatable bonds is 8. The van der Waals surface area contributed by atoms with E-state index in [0.29, 0.717) is 13.2 Å². The van der Waals surface area contributed by atoms with E-state index in [1.165, 1.54) is 0 Å². The standard InChI is InChI=1S/C8H15F2NO/c1-2-3-4-11-5-6-12-7-8(9)10/h2,8,11H,1,3-7H2. The summed E-state index contributed by atoms with van der Waals surface area (Å²) < 4.78 is 27.6. The van der Waals surface area contributed by atoms with E-state index in [0.717, 1.165) is 13.0 Å². The summed E-state index contributed by atoms with van der Waals surface area (Å²) in [6, 6.07) is 0. The van der Waals surface area contributed by atoms with Crippen molar-refractivity contribution in [3.63, 3.8) is 0 Å². The molecule has 0 aromatic rings. The molecule has 4 heteroatoms. The van der Waals surface area contributed by atoms with E-state index in [9.17, 15) is 8.78 Å². The summed E-state index contributed by atoms with van der Waals surface area (Å²) >= 11 is 0. The lowest BCUT2D eigenvalue weighted by molar-refractivity contribution is 0.0188. The minimum Gasteiger partial charge on any atom is -0.374 e. The molecule has 0 saturated heterocycles. The van der Waals surface area contributed by atoms with Crippen LogP contribution in [-0.4, -0.2) is 32.7 Å². The topological polar surface area (TPSA) is 21.3 Å². The van der Waals surface area contributed by atoms with Gasteiger partial charge in [-0.25, -0.2) is 8.78 Å². The molecule has 0 fully saturated rings. The number of halogens is 2. The molecular weight excluding hydrogens is 164 g/mol. The summed E-state index contributed by atoms with van der Waals surface area (Å²) in [4.78, 5) is 0. The molecule has 0 aliphatic carbocycles. The van der Waals surface area contributed by atoms with Crippen molar-refractivity contribution in [2.75, 3.05) is 26.3 Å². The zero-order valence-corrected chi connectivity index (χ0v) is 7.06. The molecule has 0 radical (unpaired) electrons. The minimum atomic E-state index is -2.36. The first kappa shape index (κ1) is 11.5. The van der Waals surface area contributed by atoms with Crippen LogP contribution in [0.2, 0.25) is 0 Å². The Morgan fingerprint density at radius 2 is 2.17 bits per heavy atom. The smallest absolute Gasteiger partial charge is 0.261 e. The highest BCUT2D eigenvalue weighted by molar-refractivity contribution is 4.67. The number of ether oxygens (including phenoxy) is 1. The van der Waals surface area contributed by atoms with Crippen molar-refractivity contribution in [3.05, 3.63) is 12.7 Å². The van der Waals surface area contributed by atoms with Crippen molar-refractivity contribution in [2.24, 2.45) is 0 Å². The second-order valence-corrected chi connectivity index (χ2v) is 2.29. The monoisotopic (exact) mass is 179 g/mol. The van der Waals surface area contributed by atoms with Gasteiger partial charge in [0.1, 0.15) is 6.61 Å². The molecule has 0 saturated carbocycles. The average Bonchev–Trinajstić information content (AvgIpc) is 2.02. The number of hydrogen-bond donors (Lipinski definition) is 1. The van der Waals surface area contributed by atoms with Crippen molar-refractivity contribution in [1.82, 2.24) is 5.32 Å². The van der Waals surface area contributed by atoms with Crippen LogP contribution in [0.15, 0.2) is 12.7 Å². The van der Waals surface area contributed by atoms with Crippen molar-refractivity contribution >= 4 is 0 Å². The summed E-state index contributed by atoms with van der Waals surface area (Å²) in [6.45, 7) is 4.85. The molecule has 0 heterocycles. The molecular formula is C8H15F2NO. The number of alkyl halides is 2. The summed E-state index contributed by atoms with van der Waals surface area (Å²) in [6.07, 6.45) is 0.320. The van der Waals surface area contributed by atoms with Crippen LogP contribution in [0.5, 0.6) is 0 Å². The molecule has 0 aliphatic heterocycles. The first-order valence-electron chi connectivity index (χ1n) is 3.95. The molecule has 0 spiro atoms. The van der Waals surface area contributed by atoms with Gasteiger partial charge >= 0.3 is 0 Å². The highest BCUT2D eigenvalue weighted by Crippen LogP contribution is 1.91. The molecule has 72 valence electrons. The van der Waals surface area contributed by atoms with Gasteiger partial charge in [-0.05, 0) is 13.0 Å². The Labute approximate surface area is 71.6 Å². The van der Waals surface area contributed by atoms with Gasteiger partial charge in [-0.2, -0.15) is 0 Å². The SMILES string of the molecule is C=CCCNCCOCC(F)F. The highest BCUT2D eigenvalue weighted by atomic mass is 19.3. The third kappa shape index (κ3) is 9.52. The average molecular weight is 179 g/mol. The van der Waals surface area contributed by atoms with Gasteiger partial charge in [0.15, 0.2) is 0 Å². The predicted molar refractivity (Wildman–Crippen MR) is 44.5 cm³/mol. The Bertz CT molecular complexity index is 109. The van der Waals surface area contributed by atoms with Gasteiger partial charge < -0.3 is 10.1 Å². The maximum absolute atomic E-state index is 11.5. The van der Waals surface area contributed by atoms with Crippen LogP contribution in [0.4, 0.5) is 8.78 Å². The maximum atomic E-state index is 11.5. The molecule has 2 nitrogen and oxygen atoms in total. The first-order valence-corrected chi connectivity index (χ1v) is 3.95. The minimum absolute atomic E-state index is 0.335. The predicted octanol–water partition coefficient (Wildman–Crippen LogP) is 1.43. The summed E-state index contributed by atoms with van der Waals surface area (Å²) in [5, 5.41) is 3.02. The van der Waals surface area contributed by atoms with E-state index in [2.05, 4.69) is 16.6 Å². The lowest BCUT2D eigenvalue weighted by Crippen LogP contribution is -2.21. The molecule has 1 N–H and O–H groups in total. The Hall–Kier alpha value is -0.480. The van der Waals surface area contributed by atoms with Crippen molar-refractivity contribution < 1.29 is 13.5 Å². The van der Waals surface area contributed by atoms with Crippen LogP contribution < -0.4 is 5.32 Å². The van der Waals surface area contributed by atoms with Crippen LogP contribution in [-0.2, 0) is 4.74 Å². The third-order valence-corrected chi connectivity index (χ3v) is 1.19. The van der Waals surface area contributed by atoms with Crippen LogP contribution >= 0.6 is 0 Å². The van der Waals surface area contributed by atoms with Crippen LogP contribution in [0.3, 0.4) is 0 Å². The molecule has 0 bridgehead atoms. The largest absolute Gasteiger partial charge is 0.374 e. The molecule has 0 unspecified atom stereocenters. The van der Waals surface area contributed by atoms with E-state index >= 15 is 0 Å². The molecule has 0 rings (SSSR count). The lowest BCUT2D eigenvalue weighted by Gasteiger charge is -2.03. The molecule has 0 aromatic heterocycles. The second-order valence-electron chi connectivity index (χ2n) is 2.29. The zero-order valence-electron chi connectivity index (χ0n) is 7.06. The Morgan fingerprint density at radius 1 is 1.42 bits per heavy atom. The first-order chi connectivity index (χ1) is 5.77. The van der Waals surface area contributed by atoms with Crippen LogP contribution in [0.1, 0.15) is 6.42 Å². The van der Waals surface area contributed by atoms with Crippen molar-refractivity contribution in [3.8, 4) is 0 Å². The fraction of sp³-hybridized carbons (Fsp3) is 0.750. The maximum Gasteiger partial charge on any atom is 0.261 e. The van der Waals surface area contributed by atoms with Crippen LogP contribution in [0, 0.1) is 0 Å². The normalized spacial score (nSPS) is 10.6. The number of hydrogen-bond acceptors (Lipinski definition) is 2. The quantitative estimate of drug-likeness (QED) is 0.449. The molecule has 0 aliphatic rings. The van der Waals surface area contributed by atoms with Gasteiger partial charge in [0, 0.05) is 6.54 Å². The van der Waals surface area contributed by atoms with E-state index in [4.69, 9.17) is 0 Å². The van der Waals surface area contributed by atoms with E-state index in [-0.39, 0.29) is 0 Å². The summed E-state index contributed by atoms with van der Waals surface area (Å²) in [5.41, 5.74) is 0. The van der Waals surface area contributed by atoms with Crippen molar-refractivity contribution in [1.29, 1.82) is 0 Å². The lowest BCUT2D eigenvalue weighted by atomic mass is 10.4. The third-order valence-electron chi connectivity index (χ3n) is 1.19. The Kier molecular flexibility index (Phi) is 8.27. The Morgan fingerprint density at radius 3 is 2.75 bits per heavy atom. The van der Waals surface area contributed by atoms with E-state index in [1.807, 2.05) is 0 Å². The number of nitrogens with one attached hydrogen (secondary N) is 1.